The lowest BCUT2D eigenvalue weighted by atomic mass is 9.98. The summed E-state index contributed by atoms with van der Waals surface area (Å²) in [5, 5.41) is 13.1. The Morgan fingerprint density at radius 2 is 1.57 bits per heavy atom. The Labute approximate surface area is 163 Å². The Balaban J connectivity index is 1.61. The molecule has 1 aromatic heterocycles. The minimum atomic E-state index is 0.286. The largest absolute Gasteiger partial charge is 0.298 e. The first-order valence-corrected chi connectivity index (χ1v) is 9.22. The average Bonchev–Trinajstić information content (AvgIpc) is 3.23. The Hall–Kier alpha value is -3.60. The zero-order valence-electron chi connectivity index (χ0n) is 15.6. The standard InChI is InChI=1S/C23H20N4O/c1-17(19-7-3-2-4-8-19)15-27-25-23(24-26-27)22-10-6-5-9-21(22)20-13-11-18(16-28)12-14-20/h2-14,16-17H,15H2,1H3. The lowest BCUT2D eigenvalue weighted by Gasteiger charge is -2.10. The fourth-order valence-corrected chi connectivity index (χ4v) is 3.23. The van der Waals surface area contributed by atoms with E-state index in [2.05, 4.69) is 34.5 Å². The van der Waals surface area contributed by atoms with Gasteiger partial charge in [0.25, 0.3) is 0 Å². The van der Waals surface area contributed by atoms with Crippen LogP contribution >= 0.6 is 0 Å². The Morgan fingerprint density at radius 1 is 0.893 bits per heavy atom. The average molecular weight is 368 g/mol. The third-order valence-corrected chi connectivity index (χ3v) is 4.78. The van der Waals surface area contributed by atoms with Crippen LogP contribution < -0.4 is 0 Å². The van der Waals surface area contributed by atoms with Crippen LogP contribution in [0.4, 0.5) is 0 Å². The van der Waals surface area contributed by atoms with E-state index in [0.717, 1.165) is 23.0 Å². The van der Waals surface area contributed by atoms with Gasteiger partial charge in [-0.3, -0.25) is 4.79 Å². The van der Waals surface area contributed by atoms with Gasteiger partial charge in [0.05, 0.1) is 6.54 Å². The zero-order chi connectivity index (χ0) is 19.3. The summed E-state index contributed by atoms with van der Waals surface area (Å²) in [7, 11) is 0. The van der Waals surface area contributed by atoms with Crippen LogP contribution in [0.3, 0.4) is 0 Å². The quantitative estimate of drug-likeness (QED) is 0.466. The molecule has 4 aromatic rings. The number of rotatable bonds is 6. The molecule has 0 saturated heterocycles. The van der Waals surface area contributed by atoms with E-state index >= 15 is 0 Å². The molecule has 0 radical (unpaired) electrons. The minimum Gasteiger partial charge on any atom is -0.298 e. The highest BCUT2D eigenvalue weighted by Gasteiger charge is 2.14. The van der Waals surface area contributed by atoms with Gasteiger partial charge in [-0.15, -0.1) is 10.2 Å². The number of nitrogens with zero attached hydrogens (tertiary/aromatic N) is 4. The van der Waals surface area contributed by atoms with Gasteiger partial charge in [0, 0.05) is 17.0 Å². The Bertz CT molecular complexity index is 1070. The summed E-state index contributed by atoms with van der Waals surface area (Å²) in [5.74, 6) is 0.879. The van der Waals surface area contributed by atoms with Crippen molar-refractivity contribution in [2.24, 2.45) is 0 Å². The number of aromatic nitrogens is 4. The van der Waals surface area contributed by atoms with Crippen molar-refractivity contribution in [1.82, 2.24) is 20.2 Å². The van der Waals surface area contributed by atoms with E-state index in [-0.39, 0.29) is 5.92 Å². The smallest absolute Gasteiger partial charge is 0.205 e. The number of carbonyl (C=O) groups excluding carboxylic acids is 1. The summed E-state index contributed by atoms with van der Waals surface area (Å²) < 4.78 is 0. The molecule has 28 heavy (non-hydrogen) atoms. The number of hydrogen-bond acceptors (Lipinski definition) is 4. The van der Waals surface area contributed by atoms with Gasteiger partial charge in [-0.1, -0.05) is 85.8 Å². The van der Waals surface area contributed by atoms with Gasteiger partial charge in [-0.25, -0.2) is 0 Å². The molecule has 0 saturated carbocycles. The molecule has 0 N–H and O–H groups in total. The normalized spacial score (nSPS) is 11.9. The van der Waals surface area contributed by atoms with E-state index in [1.165, 1.54) is 5.56 Å². The van der Waals surface area contributed by atoms with Crippen molar-refractivity contribution >= 4 is 6.29 Å². The van der Waals surface area contributed by atoms with Crippen LogP contribution in [0.25, 0.3) is 22.5 Å². The number of aldehydes is 1. The molecule has 0 amide bonds. The summed E-state index contributed by atoms with van der Waals surface area (Å²) in [5.41, 5.74) is 4.84. The second-order valence-electron chi connectivity index (χ2n) is 6.77. The van der Waals surface area contributed by atoms with Crippen molar-refractivity contribution in [1.29, 1.82) is 0 Å². The van der Waals surface area contributed by atoms with Gasteiger partial charge in [-0.2, -0.15) is 4.80 Å². The second-order valence-corrected chi connectivity index (χ2v) is 6.77. The monoisotopic (exact) mass is 368 g/mol. The summed E-state index contributed by atoms with van der Waals surface area (Å²) in [6.07, 6.45) is 0.844. The molecule has 3 aromatic carbocycles. The maximum Gasteiger partial charge on any atom is 0.205 e. The van der Waals surface area contributed by atoms with E-state index in [1.807, 2.05) is 66.7 Å². The van der Waals surface area contributed by atoms with Gasteiger partial charge in [0.15, 0.2) is 0 Å². The van der Waals surface area contributed by atoms with Crippen LogP contribution in [0.15, 0.2) is 78.9 Å². The molecule has 1 atom stereocenters. The maximum absolute atomic E-state index is 10.9. The zero-order valence-corrected chi connectivity index (χ0v) is 15.6. The predicted molar refractivity (Wildman–Crippen MR) is 109 cm³/mol. The number of benzene rings is 3. The van der Waals surface area contributed by atoms with Gasteiger partial charge >= 0.3 is 0 Å². The predicted octanol–water partition coefficient (Wildman–Crippen LogP) is 4.62. The molecule has 0 bridgehead atoms. The van der Waals surface area contributed by atoms with Crippen LogP contribution in [-0.4, -0.2) is 26.5 Å². The second kappa shape index (κ2) is 7.96. The van der Waals surface area contributed by atoms with E-state index in [0.29, 0.717) is 17.9 Å². The number of tetrazole rings is 1. The third kappa shape index (κ3) is 3.74. The summed E-state index contributed by atoms with van der Waals surface area (Å²) in [6.45, 7) is 2.81. The van der Waals surface area contributed by atoms with E-state index < -0.39 is 0 Å². The molecular formula is C23H20N4O. The van der Waals surface area contributed by atoms with Crippen molar-refractivity contribution in [2.75, 3.05) is 0 Å². The first-order chi connectivity index (χ1) is 13.7. The molecule has 0 spiro atoms. The van der Waals surface area contributed by atoms with Crippen molar-refractivity contribution in [3.8, 4) is 22.5 Å². The van der Waals surface area contributed by atoms with Crippen LogP contribution in [0, 0.1) is 0 Å². The molecule has 5 heteroatoms. The van der Waals surface area contributed by atoms with Gasteiger partial charge in [0.2, 0.25) is 5.82 Å². The van der Waals surface area contributed by atoms with Crippen LogP contribution in [0.1, 0.15) is 28.8 Å². The molecule has 5 nitrogen and oxygen atoms in total. The molecule has 1 heterocycles. The summed E-state index contributed by atoms with van der Waals surface area (Å²) in [6, 6.07) is 25.8. The molecular weight excluding hydrogens is 348 g/mol. The van der Waals surface area contributed by atoms with Crippen molar-refractivity contribution in [3.05, 3.63) is 90.0 Å². The first kappa shape index (κ1) is 17.8. The van der Waals surface area contributed by atoms with Crippen LogP contribution in [0.5, 0.6) is 0 Å². The first-order valence-electron chi connectivity index (χ1n) is 9.22. The summed E-state index contributed by atoms with van der Waals surface area (Å²) in [4.78, 5) is 12.6. The maximum atomic E-state index is 10.9. The molecule has 0 aliphatic rings. The highest BCUT2D eigenvalue weighted by Crippen LogP contribution is 2.30. The fourth-order valence-electron chi connectivity index (χ4n) is 3.23. The van der Waals surface area contributed by atoms with Crippen LogP contribution in [-0.2, 0) is 6.54 Å². The molecule has 0 aliphatic carbocycles. The number of hydrogen-bond donors (Lipinski definition) is 0. The summed E-state index contributed by atoms with van der Waals surface area (Å²) >= 11 is 0. The minimum absolute atomic E-state index is 0.286. The van der Waals surface area contributed by atoms with Gasteiger partial charge in [0.1, 0.15) is 6.29 Å². The third-order valence-electron chi connectivity index (χ3n) is 4.78. The lowest BCUT2D eigenvalue weighted by Crippen LogP contribution is -2.09. The highest BCUT2D eigenvalue weighted by atomic mass is 16.1. The van der Waals surface area contributed by atoms with Gasteiger partial charge in [-0.05, 0) is 21.9 Å². The van der Waals surface area contributed by atoms with Crippen molar-refractivity contribution in [2.45, 2.75) is 19.4 Å². The fraction of sp³-hybridized carbons (Fsp3) is 0.130. The molecule has 0 fully saturated rings. The number of carbonyl (C=O) groups is 1. The van der Waals surface area contributed by atoms with Crippen LogP contribution in [0.2, 0.25) is 0 Å². The van der Waals surface area contributed by atoms with Gasteiger partial charge < -0.3 is 0 Å². The molecule has 0 aliphatic heterocycles. The van der Waals surface area contributed by atoms with E-state index in [9.17, 15) is 4.79 Å². The molecule has 4 rings (SSSR count). The topological polar surface area (TPSA) is 60.7 Å². The van der Waals surface area contributed by atoms with E-state index in [4.69, 9.17) is 0 Å². The SMILES string of the molecule is CC(Cn1nnc(-c2ccccc2-c2ccc(C=O)cc2)n1)c1ccccc1. The van der Waals surface area contributed by atoms with Crippen molar-refractivity contribution < 1.29 is 4.79 Å². The molecule has 138 valence electrons. The Morgan fingerprint density at radius 3 is 2.29 bits per heavy atom. The highest BCUT2D eigenvalue weighted by molar-refractivity contribution is 5.82. The van der Waals surface area contributed by atoms with Crippen molar-refractivity contribution in [3.63, 3.8) is 0 Å². The lowest BCUT2D eigenvalue weighted by molar-refractivity contribution is 0.112. The molecule has 1 unspecified atom stereocenters. The Kier molecular flexibility index (Phi) is 5.06. The van der Waals surface area contributed by atoms with E-state index in [1.54, 1.807) is 4.80 Å².